The summed E-state index contributed by atoms with van der Waals surface area (Å²) in [6.07, 6.45) is 0. The van der Waals surface area contributed by atoms with Gasteiger partial charge in [-0.1, -0.05) is 48.5 Å². The van der Waals surface area contributed by atoms with Gasteiger partial charge >= 0.3 is 0 Å². The first-order chi connectivity index (χ1) is 16.9. The first-order valence-electron chi connectivity index (χ1n) is 10.7. The van der Waals surface area contributed by atoms with Crippen LogP contribution in [0.25, 0.3) is 21.8 Å². The Hall–Kier alpha value is -5.11. The van der Waals surface area contributed by atoms with E-state index in [1.54, 1.807) is 42.5 Å². The van der Waals surface area contributed by atoms with Crippen molar-refractivity contribution < 1.29 is 19.6 Å². The van der Waals surface area contributed by atoms with Gasteiger partial charge in [0, 0.05) is 39.7 Å². The third kappa shape index (κ3) is 3.04. The van der Waals surface area contributed by atoms with Crippen molar-refractivity contribution in [2.75, 3.05) is 5.32 Å². The largest absolute Gasteiger partial charge is 0.505 e. The van der Waals surface area contributed by atoms with Gasteiger partial charge in [0.25, 0.3) is 5.69 Å². The molecular weight excluding hydrogens is 446 g/mol. The van der Waals surface area contributed by atoms with Crippen molar-refractivity contribution in [2.24, 2.45) is 0 Å². The van der Waals surface area contributed by atoms with Crippen LogP contribution in [0.1, 0.15) is 31.8 Å². The molecule has 5 aromatic rings. The Morgan fingerprint density at radius 3 is 2.26 bits per heavy atom. The van der Waals surface area contributed by atoms with Crippen LogP contribution in [0, 0.1) is 10.1 Å². The number of non-ortho nitro benzene ring substituents is 1. The number of nitro benzene ring substituents is 1. The average molecular weight is 461 g/mol. The highest BCUT2D eigenvalue weighted by Gasteiger charge is 2.36. The first kappa shape index (κ1) is 20.5. The molecule has 168 valence electrons. The summed E-state index contributed by atoms with van der Waals surface area (Å²) in [5.74, 6) is -1.11. The van der Waals surface area contributed by atoms with E-state index < -0.39 is 10.7 Å². The molecule has 0 amide bonds. The summed E-state index contributed by atoms with van der Waals surface area (Å²) in [7, 11) is 0. The number of nitrogens with one attached hydrogen (secondary N) is 1. The van der Waals surface area contributed by atoms with Crippen LogP contribution in [0.5, 0.6) is 5.75 Å². The third-order valence-electron chi connectivity index (χ3n) is 6.15. The number of aromatic nitrogens is 1. The van der Waals surface area contributed by atoms with E-state index in [0.717, 1.165) is 5.39 Å². The molecule has 0 radical (unpaired) electrons. The Morgan fingerprint density at radius 1 is 0.829 bits per heavy atom. The molecule has 0 aliphatic heterocycles. The number of phenolic OH excluding ortho intramolecular Hbond substituents is 1. The number of hydrogen-bond donors (Lipinski definition) is 2. The van der Waals surface area contributed by atoms with Gasteiger partial charge in [-0.05, 0) is 18.2 Å². The zero-order valence-electron chi connectivity index (χ0n) is 18.0. The second-order valence-electron chi connectivity index (χ2n) is 8.19. The number of phenols is 1. The molecule has 0 bridgehead atoms. The van der Waals surface area contributed by atoms with Crippen LogP contribution in [0.2, 0.25) is 0 Å². The number of fused-ring (bicyclic) bond motifs is 5. The fourth-order valence-corrected chi connectivity index (χ4v) is 4.54. The van der Waals surface area contributed by atoms with Crippen LogP contribution >= 0.6 is 0 Å². The van der Waals surface area contributed by atoms with E-state index in [1.807, 2.05) is 18.2 Å². The lowest BCUT2D eigenvalue weighted by Gasteiger charge is -2.23. The van der Waals surface area contributed by atoms with Crippen LogP contribution in [0.3, 0.4) is 0 Å². The van der Waals surface area contributed by atoms with Crippen LogP contribution in [0.4, 0.5) is 17.1 Å². The number of nitrogens with zero attached hydrogens (tertiary/aromatic N) is 2. The molecule has 4 aromatic carbocycles. The van der Waals surface area contributed by atoms with Gasteiger partial charge in [0.2, 0.25) is 0 Å². The number of hydrogen-bond acceptors (Lipinski definition) is 7. The molecule has 6 rings (SSSR count). The molecule has 0 saturated carbocycles. The van der Waals surface area contributed by atoms with Gasteiger partial charge in [0.05, 0.1) is 32.8 Å². The molecule has 35 heavy (non-hydrogen) atoms. The minimum atomic E-state index is -0.540. The Kier molecular flexibility index (Phi) is 4.37. The third-order valence-corrected chi connectivity index (χ3v) is 6.15. The van der Waals surface area contributed by atoms with E-state index in [0.29, 0.717) is 5.52 Å². The number of carbonyl (C=O) groups excluding carboxylic acids is 2. The van der Waals surface area contributed by atoms with Gasteiger partial charge in [0.15, 0.2) is 11.6 Å². The molecule has 2 N–H and O–H groups in total. The maximum Gasteiger partial charge on any atom is 0.271 e. The molecule has 1 aromatic heterocycles. The van der Waals surface area contributed by atoms with E-state index in [1.165, 1.54) is 18.2 Å². The molecule has 0 saturated heterocycles. The maximum absolute atomic E-state index is 13.7. The molecule has 0 atom stereocenters. The van der Waals surface area contributed by atoms with E-state index in [4.69, 9.17) is 0 Å². The molecular formula is C27H15N3O5. The Morgan fingerprint density at radius 2 is 1.51 bits per heavy atom. The van der Waals surface area contributed by atoms with Gasteiger partial charge in [0.1, 0.15) is 5.75 Å². The van der Waals surface area contributed by atoms with Crippen molar-refractivity contribution in [2.45, 2.75) is 0 Å². The highest BCUT2D eigenvalue weighted by atomic mass is 16.6. The van der Waals surface area contributed by atoms with Crippen LogP contribution in [-0.4, -0.2) is 26.6 Å². The van der Waals surface area contributed by atoms with Crippen molar-refractivity contribution in [3.05, 3.63) is 111 Å². The molecule has 8 nitrogen and oxygen atoms in total. The Balaban J connectivity index is 1.70. The van der Waals surface area contributed by atoms with Gasteiger partial charge in [-0.15, -0.1) is 0 Å². The lowest BCUT2D eigenvalue weighted by molar-refractivity contribution is -0.384. The van der Waals surface area contributed by atoms with E-state index in [2.05, 4.69) is 10.3 Å². The highest BCUT2D eigenvalue weighted by molar-refractivity contribution is 6.34. The van der Waals surface area contributed by atoms with Crippen LogP contribution in [-0.2, 0) is 0 Å². The number of anilines is 2. The molecule has 0 unspecified atom stereocenters. The SMILES string of the molecule is O=C1c2ccccc2C(=O)c2c1c(Nc1cccc([N+](=O)[O-])c1)c(O)c1cc3ccccc3nc21. The zero-order chi connectivity index (χ0) is 24.3. The van der Waals surface area contributed by atoms with Crippen molar-refractivity contribution >= 4 is 50.4 Å². The van der Waals surface area contributed by atoms with Crippen molar-refractivity contribution in [1.82, 2.24) is 4.98 Å². The Labute approximate surface area is 197 Å². The normalized spacial score (nSPS) is 12.5. The van der Waals surface area contributed by atoms with Crippen LogP contribution < -0.4 is 5.32 Å². The van der Waals surface area contributed by atoms with Gasteiger partial charge in [-0.25, -0.2) is 4.98 Å². The fraction of sp³-hybridized carbons (Fsp3) is 0. The number of nitro groups is 1. The number of aromatic hydroxyl groups is 1. The van der Waals surface area contributed by atoms with Crippen molar-refractivity contribution in [3.8, 4) is 5.75 Å². The second-order valence-corrected chi connectivity index (χ2v) is 8.19. The van der Waals surface area contributed by atoms with E-state index in [9.17, 15) is 24.8 Å². The summed E-state index contributed by atoms with van der Waals surface area (Å²) >= 11 is 0. The molecule has 1 aliphatic carbocycles. The zero-order valence-corrected chi connectivity index (χ0v) is 18.0. The van der Waals surface area contributed by atoms with Gasteiger partial charge in [-0.3, -0.25) is 19.7 Å². The summed E-state index contributed by atoms with van der Waals surface area (Å²) in [6, 6.07) is 21.2. The lowest BCUT2D eigenvalue weighted by atomic mass is 9.81. The number of benzene rings is 4. The summed E-state index contributed by atoms with van der Waals surface area (Å²) in [6.45, 7) is 0. The van der Waals surface area contributed by atoms with Gasteiger partial charge < -0.3 is 10.4 Å². The predicted octanol–water partition coefficient (Wildman–Crippen LogP) is 5.52. The summed E-state index contributed by atoms with van der Waals surface area (Å²) < 4.78 is 0. The monoisotopic (exact) mass is 461 g/mol. The number of carbonyl (C=O) groups is 2. The molecule has 1 aliphatic rings. The fourth-order valence-electron chi connectivity index (χ4n) is 4.54. The number of para-hydroxylation sites is 1. The minimum absolute atomic E-state index is 0.00191. The topological polar surface area (TPSA) is 122 Å². The molecule has 0 spiro atoms. The lowest BCUT2D eigenvalue weighted by Crippen LogP contribution is -2.23. The minimum Gasteiger partial charge on any atom is -0.505 e. The second kappa shape index (κ2) is 7.46. The summed E-state index contributed by atoms with van der Waals surface area (Å²) in [4.78, 5) is 42.7. The number of rotatable bonds is 3. The predicted molar refractivity (Wildman–Crippen MR) is 131 cm³/mol. The van der Waals surface area contributed by atoms with Gasteiger partial charge in [-0.2, -0.15) is 0 Å². The molecule has 1 heterocycles. The summed E-state index contributed by atoms with van der Waals surface area (Å²) in [5.41, 5.74) is 1.48. The molecule has 8 heteroatoms. The maximum atomic E-state index is 13.7. The van der Waals surface area contributed by atoms with Crippen LogP contribution in [0.15, 0.2) is 78.9 Å². The number of ketones is 2. The highest BCUT2D eigenvalue weighted by Crippen LogP contribution is 2.45. The van der Waals surface area contributed by atoms with E-state index in [-0.39, 0.29) is 61.8 Å². The first-order valence-corrected chi connectivity index (χ1v) is 10.7. The standard InChI is InChI=1S/C27H15N3O5/c31-25-17-9-2-3-10-18(17)26(32)22-21(25)23-19(12-14-6-1-4-11-20(14)29-23)27(33)24(22)28-15-7-5-8-16(13-15)30(34)35/h1-13,28,33H. The van der Waals surface area contributed by atoms with E-state index >= 15 is 0 Å². The number of pyridine rings is 1. The Bertz CT molecular complexity index is 1760. The summed E-state index contributed by atoms with van der Waals surface area (Å²) in [5, 5.41) is 26.6. The smallest absolute Gasteiger partial charge is 0.271 e. The average Bonchev–Trinajstić information content (AvgIpc) is 2.88. The van der Waals surface area contributed by atoms with Crippen molar-refractivity contribution in [1.29, 1.82) is 0 Å². The molecule has 0 fully saturated rings. The quantitative estimate of drug-likeness (QED) is 0.154. The van der Waals surface area contributed by atoms with Crippen molar-refractivity contribution in [3.63, 3.8) is 0 Å².